The number of piperazine rings is 1. The fourth-order valence-corrected chi connectivity index (χ4v) is 2.03. The summed E-state index contributed by atoms with van der Waals surface area (Å²) in [5.41, 5.74) is 0.701. The summed E-state index contributed by atoms with van der Waals surface area (Å²) >= 11 is 6.01. The van der Waals surface area contributed by atoms with Crippen LogP contribution in [-0.2, 0) is 4.79 Å². The molecule has 2 rings (SSSR count). The summed E-state index contributed by atoms with van der Waals surface area (Å²) in [5.74, 6) is -0.294. The van der Waals surface area contributed by atoms with Crippen LogP contribution in [0.5, 0.6) is 0 Å². The van der Waals surface area contributed by atoms with Gasteiger partial charge >= 0.3 is 0 Å². The van der Waals surface area contributed by atoms with E-state index in [0.29, 0.717) is 36.9 Å². The molecule has 3 nitrogen and oxygen atoms in total. The third kappa shape index (κ3) is 2.27. The first-order chi connectivity index (χ1) is 7.70. The molecule has 1 fully saturated rings. The summed E-state index contributed by atoms with van der Waals surface area (Å²) in [6.07, 6.45) is 0.838. The first-order valence-electron chi connectivity index (χ1n) is 5.10. The van der Waals surface area contributed by atoms with Crippen molar-refractivity contribution in [1.29, 1.82) is 0 Å². The Morgan fingerprint density at radius 2 is 1.94 bits per heavy atom. The van der Waals surface area contributed by atoms with Gasteiger partial charge in [0.05, 0.1) is 10.7 Å². The number of nitrogens with zero attached hydrogens (tertiary/aromatic N) is 2. The molecule has 0 aliphatic carbocycles. The minimum Gasteiger partial charge on any atom is -0.367 e. The Kier molecular flexibility index (Phi) is 3.29. The summed E-state index contributed by atoms with van der Waals surface area (Å²) in [4.78, 5) is 14.2. The average molecular weight is 243 g/mol. The van der Waals surface area contributed by atoms with E-state index in [1.807, 2.05) is 4.90 Å². The Labute approximate surface area is 98.4 Å². The molecule has 5 heteroatoms. The number of carbonyl (C=O) groups excluding carboxylic acids is 1. The fourth-order valence-electron chi connectivity index (χ4n) is 1.80. The van der Waals surface area contributed by atoms with Crippen LogP contribution in [0.2, 0.25) is 5.02 Å². The van der Waals surface area contributed by atoms with Gasteiger partial charge in [-0.1, -0.05) is 11.6 Å². The number of anilines is 1. The van der Waals surface area contributed by atoms with Gasteiger partial charge in [-0.2, -0.15) is 0 Å². The second-order valence-electron chi connectivity index (χ2n) is 3.72. The largest absolute Gasteiger partial charge is 0.367 e. The lowest BCUT2D eigenvalue weighted by molar-refractivity contribution is -0.118. The van der Waals surface area contributed by atoms with E-state index in [2.05, 4.69) is 0 Å². The van der Waals surface area contributed by atoms with Crippen LogP contribution in [0.1, 0.15) is 0 Å². The molecule has 1 heterocycles. The highest BCUT2D eigenvalue weighted by Gasteiger charge is 2.17. The minimum absolute atomic E-state index is 0.294. The van der Waals surface area contributed by atoms with E-state index in [9.17, 15) is 9.18 Å². The second-order valence-corrected chi connectivity index (χ2v) is 4.13. The molecule has 1 aromatic carbocycles. The molecule has 16 heavy (non-hydrogen) atoms. The molecule has 0 atom stereocenters. The van der Waals surface area contributed by atoms with Crippen molar-refractivity contribution in [2.45, 2.75) is 0 Å². The highest BCUT2D eigenvalue weighted by molar-refractivity contribution is 6.33. The number of carbonyl (C=O) groups is 1. The maximum absolute atomic E-state index is 13.1. The van der Waals surface area contributed by atoms with Crippen molar-refractivity contribution >= 4 is 23.7 Å². The Balaban J connectivity index is 2.13. The van der Waals surface area contributed by atoms with Gasteiger partial charge in [0.1, 0.15) is 5.82 Å². The molecule has 86 valence electrons. The zero-order valence-corrected chi connectivity index (χ0v) is 9.45. The van der Waals surface area contributed by atoms with E-state index in [1.165, 1.54) is 12.1 Å². The van der Waals surface area contributed by atoms with Gasteiger partial charge < -0.3 is 9.80 Å². The quantitative estimate of drug-likeness (QED) is 0.738. The van der Waals surface area contributed by atoms with Crippen LogP contribution in [-0.4, -0.2) is 37.5 Å². The molecule has 0 N–H and O–H groups in total. The van der Waals surface area contributed by atoms with Crippen molar-refractivity contribution in [1.82, 2.24) is 4.90 Å². The molecule has 1 aromatic rings. The van der Waals surface area contributed by atoms with Crippen LogP contribution in [0.4, 0.5) is 10.1 Å². The Morgan fingerprint density at radius 3 is 2.56 bits per heavy atom. The van der Waals surface area contributed by atoms with E-state index in [4.69, 9.17) is 11.6 Å². The van der Waals surface area contributed by atoms with E-state index in [1.54, 1.807) is 11.0 Å². The highest BCUT2D eigenvalue weighted by atomic mass is 35.5. The smallest absolute Gasteiger partial charge is 0.209 e. The predicted octanol–water partition coefficient (Wildman–Crippen LogP) is 1.76. The third-order valence-electron chi connectivity index (χ3n) is 2.71. The van der Waals surface area contributed by atoms with Gasteiger partial charge in [0.2, 0.25) is 6.41 Å². The molecule has 1 saturated heterocycles. The second kappa shape index (κ2) is 4.70. The summed E-state index contributed by atoms with van der Waals surface area (Å²) < 4.78 is 13.1. The predicted molar refractivity (Wildman–Crippen MR) is 61.3 cm³/mol. The molecule has 0 unspecified atom stereocenters. The van der Waals surface area contributed by atoms with Crippen molar-refractivity contribution in [2.75, 3.05) is 31.1 Å². The Hall–Kier alpha value is -1.29. The minimum atomic E-state index is -0.294. The van der Waals surface area contributed by atoms with Gasteiger partial charge in [0.25, 0.3) is 0 Å². The van der Waals surface area contributed by atoms with Gasteiger partial charge in [-0.05, 0) is 18.2 Å². The third-order valence-corrected chi connectivity index (χ3v) is 3.03. The van der Waals surface area contributed by atoms with Crippen molar-refractivity contribution in [3.05, 3.63) is 29.0 Å². The number of halogens is 2. The average Bonchev–Trinajstić information content (AvgIpc) is 2.32. The number of hydrogen-bond donors (Lipinski definition) is 0. The zero-order valence-electron chi connectivity index (χ0n) is 8.70. The van der Waals surface area contributed by atoms with E-state index < -0.39 is 0 Å². The van der Waals surface area contributed by atoms with E-state index in [0.717, 1.165) is 6.41 Å². The normalized spacial score (nSPS) is 16.4. The fraction of sp³-hybridized carbons (Fsp3) is 0.364. The lowest BCUT2D eigenvalue weighted by Crippen LogP contribution is -2.45. The topological polar surface area (TPSA) is 23.6 Å². The van der Waals surface area contributed by atoms with Gasteiger partial charge in [-0.25, -0.2) is 4.39 Å². The molecular weight excluding hydrogens is 231 g/mol. The van der Waals surface area contributed by atoms with Crippen molar-refractivity contribution in [3.8, 4) is 0 Å². The molecule has 0 saturated carbocycles. The number of amides is 1. The molecule has 0 aromatic heterocycles. The molecular formula is C11H12ClFN2O. The Morgan fingerprint density at radius 1 is 1.25 bits per heavy atom. The molecule has 1 aliphatic rings. The summed E-state index contributed by atoms with van der Waals surface area (Å²) in [7, 11) is 0. The van der Waals surface area contributed by atoms with E-state index in [-0.39, 0.29) is 5.82 Å². The monoisotopic (exact) mass is 242 g/mol. The van der Waals surface area contributed by atoms with Crippen LogP contribution >= 0.6 is 11.6 Å². The van der Waals surface area contributed by atoms with Gasteiger partial charge in [-0.3, -0.25) is 4.79 Å². The number of rotatable bonds is 2. The molecule has 0 bridgehead atoms. The standard InChI is InChI=1S/C11H12ClFN2O/c12-10-2-1-9(13)7-11(10)15-5-3-14(8-16)4-6-15/h1-2,7-8H,3-6H2. The van der Waals surface area contributed by atoms with Crippen molar-refractivity contribution in [2.24, 2.45) is 0 Å². The molecule has 1 amide bonds. The van der Waals surface area contributed by atoms with E-state index >= 15 is 0 Å². The summed E-state index contributed by atoms with van der Waals surface area (Å²) in [6, 6.07) is 4.32. The summed E-state index contributed by atoms with van der Waals surface area (Å²) in [6.45, 7) is 2.66. The van der Waals surface area contributed by atoms with Crippen molar-refractivity contribution < 1.29 is 9.18 Å². The maximum atomic E-state index is 13.1. The number of benzene rings is 1. The van der Waals surface area contributed by atoms with Gasteiger partial charge in [0.15, 0.2) is 0 Å². The first kappa shape index (κ1) is 11.2. The van der Waals surface area contributed by atoms with Gasteiger partial charge in [0, 0.05) is 26.2 Å². The van der Waals surface area contributed by atoms with Crippen LogP contribution < -0.4 is 4.90 Å². The maximum Gasteiger partial charge on any atom is 0.209 e. The first-order valence-corrected chi connectivity index (χ1v) is 5.48. The SMILES string of the molecule is O=CN1CCN(c2cc(F)ccc2Cl)CC1. The van der Waals surface area contributed by atoms with Crippen LogP contribution in [0.3, 0.4) is 0 Å². The lowest BCUT2D eigenvalue weighted by Gasteiger charge is -2.34. The molecule has 1 aliphatic heterocycles. The van der Waals surface area contributed by atoms with Gasteiger partial charge in [-0.15, -0.1) is 0 Å². The van der Waals surface area contributed by atoms with Crippen LogP contribution in [0, 0.1) is 5.82 Å². The lowest BCUT2D eigenvalue weighted by atomic mass is 10.2. The van der Waals surface area contributed by atoms with Crippen molar-refractivity contribution in [3.63, 3.8) is 0 Å². The van der Waals surface area contributed by atoms with Crippen LogP contribution in [0.25, 0.3) is 0 Å². The van der Waals surface area contributed by atoms with Crippen LogP contribution in [0.15, 0.2) is 18.2 Å². The zero-order chi connectivity index (χ0) is 11.5. The summed E-state index contributed by atoms with van der Waals surface area (Å²) in [5, 5.41) is 0.543. The highest BCUT2D eigenvalue weighted by Crippen LogP contribution is 2.27. The molecule has 0 spiro atoms. The number of hydrogen-bond acceptors (Lipinski definition) is 2. The molecule has 0 radical (unpaired) electrons. The Bertz CT molecular complexity index is 392.